The van der Waals surface area contributed by atoms with E-state index in [1.54, 1.807) is 11.3 Å². The van der Waals surface area contributed by atoms with Gasteiger partial charge in [-0.2, -0.15) is 4.39 Å². The predicted octanol–water partition coefficient (Wildman–Crippen LogP) is 3.75. The third-order valence-corrected chi connectivity index (χ3v) is 4.44. The second kappa shape index (κ2) is 4.47. The molecule has 3 nitrogen and oxygen atoms in total. The first-order chi connectivity index (χ1) is 8.72. The van der Waals surface area contributed by atoms with Crippen molar-refractivity contribution in [2.24, 2.45) is 0 Å². The molecule has 0 atom stereocenters. The van der Waals surface area contributed by atoms with Gasteiger partial charge in [0.15, 0.2) is 0 Å². The zero-order valence-corrected chi connectivity index (χ0v) is 10.6. The largest absolute Gasteiger partial charge is 0.320 e. The minimum absolute atomic E-state index is 0.197. The van der Waals surface area contributed by atoms with Gasteiger partial charge in [-0.3, -0.25) is 4.79 Å². The highest BCUT2D eigenvalue weighted by atomic mass is 32.1. The highest BCUT2D eigenvalue weighted by Crippen LogP contribution is 2.30. The maximum atomic E-state index is 12.6. The number of thiophene rings is 2. The maximum Gasteiger partial charge on any atom is 0.265 e. The topological polar surface area (TPSA) is 42.0 Å². The molecule has 18 heavy (non-hydrogen) atoms. The zero-order chi connectivity index (χ0) is 12.5. The van der Waals surface area contributed by atoms with Gasteiger partial charge in [-0.15, -0.1) is 22.7 Å². The third kappa shape index (κ3) is 2.12. The van der Waals surface area contributed by atoms with E-state index in [1.165, 1.54) is 29.7 Å². The van der Waals surface area contributed by atoms with Gasteiger partial charge in [-0.05, 0) is 29.6 Å². The smallest absolute Gasteiger partial charge is 0.265 e. The first-order valence-corrected chi connectivity index (χ1v) is 6.82. The summed E-state index contributed by atoms with van der Waals surface area (Å²) in [7, 11) is 0. The van der Waals surface area contributed by atoms with Crippen LogP contribution in [0.2, 0.25) is 0 Å². The molecule has 3 aromatic rings. The average molecular weight is 278 g/mol. The highest BCUT2D eigenvalue weighted by molar-refractivity contribution is 7.27. The molecule has 0 radical (unpaired) electrons. The van der Waals surface area contributed by atoms with E-state index in [2.05, 4.69) is 10.3 Å². The summed E-state index contributed by atoms with van der Waals surface area (Å²) in [6, 6.07) is 6.54. The fourth-order valence-corrected chi connectivity index (χ4v) is 3.52. The van der Waals surface area contributed by atoms with Gasteiger partial charge in [-0.25, -0.2) is 4.98 Å². The van der Waals surface area contributed by atoms with E-state index < -0.39 is 5.95 Å². The number of hydrogen-bond acceptors (Lipinski definition) is 4. The van der Waals surface area contributed by atoms with Gasteiger partial charge in [-0.1, -0.05) is 0 Å². The minimum atomic E-state index is -0.565. The molecule has 90 valence electrons. The first-order valence-electron chi connectivity index (χ1n) is 5.12. The number of nitrogens with one attached hydrogen (secondary N) is 1. The summed E-state index contributed by atoms with van der Waals surface area (Å²) in [5, 5.41) is 4.68. The molecule has 1 N–H and O–H groups in total. The monoisotopic (exact) mass is 278 g/mol. The van der Waals surface area contributed by atoms with Crippen molar-refractivity contribution < 1.29 is 9.18 Å². The van der Waals surface area contributed by atoms with Crippen LogP contribution in [0.3, 0.4) is 0 Å². The Labute approximate surface area is 110 Å². The SMILES string of the molecule is O=C(Nc1ccc(F)nc1)c1cc2sccc2s1. The van der Waals surface area contributed by atoms with E-state index in [9.17, 15) is 9.18 Å². The van der Waals surface area contributed by atoms with Gasteiger partial charge in [0.2, 0.25) is 5.95 Å². The number of fused-ring (bicyclic) bond motifs is 1. The second-order valence-corrected chi connectivity index (χ2v) is 5.61. The van der Waals surface area contributed by atoms with Crippen LogP contribution in [0.5, 0.6) is 0 Å². The van der Waals surface area contributed by atoms with Crippen LogP contribution in [-0.4, -0.2) is 10.9 Å². The highest BCUT2D eigenvalue weighted by Gasteiger charge is 2.11. The van der Waals surface area contributed by atoms with Crippen molar-refractivity contribution >= 4 is 43.7 Å². The molecule has 3 rings (SSSR count). The van der Waals surface area contributed by atoms with Gasteiger partial charge in [0.25, 0.3) is 5.91 Å². The summed E-state index contributed by atoms with van der Waals surface area (Å²) in [6.07, 6.45) is 1.29. The molecular weight excluding hydrogens is 271 g/mol. The van der Waals surface area contributed by atoms with Crippen molar-refractivity contribution in [1.29, 1.82) is 0 Å². The number of amides is 1. The Morgan fingerprint density at radius 1 is 1.28 bits per heavy atom. The second-order valence-electron chi connectivity index (χ2n) is 3.58. The van der Waals surface area contributed by atoms with Gasteiger partial charge in [0.1, 0.15) is 0 Å². The first kappa shape index (κ1) is 11.3. The Morgan fingerprint density at radius 2 is 2.17 bits per heavy atom. The van der Waals surface area contributed by atoms with Gasteiger partial charge in [0.05, 0.1) is 16.8 Å². The number of hydrogen-bond donors (Lipinski definition) is 1. The predicted molar refractivity (Wildman–Crippen MR) is 71.9 cm³/mol. The zero-order valence-electron chi connectivity index (χ0n) is 9.01. The molecule has 0 fully saturated rings. The van der Waals surface area contributed by atoms with E-state index in [0.29, 0.717) is 10.6 Å². The molecule has 0 unspecified atom stereocenters. The van der Waals surface area contributed by atoms with Gasteiger partial charge >= 0.3 is 0 Å². The van der Waals surface area contributed by atoms with E-state index in [0.717, 1.165) is 9.40 Å². The van der Waals surface area contributed by atoms with E-state index in [-0.39, 0.29) is 5.91 Å². The Hall–Kier alpha value is -1.79. The molecule has 6 heteroatoms. The lowest BCUT2D eigenvalue weighted by molar-refractivity contribution is 0.103. The quantitative estimate of drug-likeness (QED) is 0.725. The molecule has 0 bridgehead atoms. The normalized spacial score (nSPS) is 10.7. The van der Waals surface area contributed by atoms with Crippen molar-refractivity contribution in [2.75, 3.05) is 5.32 Å². The summed E-state index contributed by atoms with van der Waals surface area (Å²) in [4.78, 5) is 16.1. The van der Waals surface area contributed by atoms with Crippen molar-refractivity contribution in [3.8, 4) is 0 Å². The summed E-state index contributed by atoms with van der Waals surface area (Å²) in [5.74, 6) is -0.763. The van der Waals surface area contributed by atoms with Crippen LogP contribution >= 0.6 is 22.7 Å². The molecule has 0 aliphatic heterocycles. The fraction of sp³-hybridized carbons (Fsp3) is 0. The molecular formula is C12H7FN2OS2. The van der Waals surface area contributed by atoms with E-state index in [1.807, 2.05) is 17.5 Å². The van der Waals surface area contributed by atoms with Gasteiger partial charge in [0, 0.05) is 9.40 Å². The number of carbonyl (C=O) groups excluding carboxylic acids is 1. The summed E-state index contributed by atoms with van der Waals surface area (Å²) in [6.45, 7) is 0. The number of anilines is 1. The molecule has 3 aromatic heterocycles. The molecule has 0 saturated carbocycles. The summed E-state index contributed by atoms with van der Waals surface area (Å²) < 4.78 is 14.8. The Balaban J connectivity index is 1.82. The van der Waals surface area contributed by atoms with Crippen LogP contribution in [0.15, 0.2) is 35.8 Å². The number of rotatable bonds is 2. The molecule has 0 spiro atoms. The average Bonchev–Trinajstić information content (AvgIpc) is 2.92. The molecule has 0 aromatic carbocycles. The standard InChI is InChI=1S/C12H7FN2OS2/c13-11-2-1-7(6-14-11)15-12(16)10-5-9-8(18-10)3-4-17-9/h1-6H,(H,15,16). The third-order valence-electron chi connectivity index (χ3n) is 2.35. The number of pyridine rings is 1. The van der Waals surface area contributed by atoms with Crippen LogP contribution in [0.1, 0.15) is 9.67 Å². The number of aromatic nitrogens is 1. The number of halogens is 1. The number of carbonyl (C=O) groups is 1. The van der Waals surface area contributed by atoms with Gasteiger partial charge < -0.3 is 5.32 Å². The minimum Gasteiger partial charge on any atom is -0.320 e. The summed E-state index contributed by atoms with van der Waals surface area (Å²) >= 11 is 3.04. The molecule has 0 saturated heterocycles. The lowest BCUT2D eigenvalue weighted by Gasteiger charge is -2.01. The Kier molecular flexibility index (Phi) is 2.81. The lowest BCUT2D eigenvalue weighted by atomic mass is 10.4. The summed E-state index contributed by atoms with van der Waals surface area (Å²) in [5.41, 5.74) is 0.484. The molecule has 3 heterocycles. The van der Waals surface area contributed by atoms with Crippen molar-refractivity contribution in [3.05, 3.63) is 46.7 Å². The van der Waals surface area contributed by atoms with Crippen LogP contribution in [0.4, 0.5) is 10.1 Å². The number of nitrogens with zero attached hydrogens (tertiary/aromatic N) is 1. The Bertz CT molecular complexity index is 674. The molecule has 0 aliphatic carbocycles. The molecule has 0 aliphatic rings. The van der Waals surface area contributed by atoms with E-state index in [4.69, 9.17) is 0 Å². The van der Waals surface area contributed by atoms with Crippen LogP contribution < -0.4 is 5.32 Å². The van der Waals surface area contributed by atoms with Crippen molar-refractivity contribution in [3.63, 3.8) is 0 Å². The van der Waals surface area contributed by atoms with Crippen molar-refractivity contribution in [1.82, 2.24) is 4.98 Å². The molecule has 1 amide bonds. The Morgan fingerprint density at radius 3 is 2.89 bits per heavy atom. The van der Waals surface area contributed by atoms with Crippen LogP contribution in [0, 0.1) is 5.95 Å². The van der Waals surface area contributed by atoms with Crippen LogP contribution in [-0.2, 0) is 0 Å². The van der Waals surface area contributed by atoms with Crippen molar-refractivity contribution in [2.45, 2.75) is 0 Å². The van der Waals surface area contributed by atoms with Crippen LogP contribution in [0.25, 0.3) is 9.40 Å². The maximum absolute atomic E-state index is 12.6. The lowest BCUT2D eigenvalue weighted by Crippen LogP contribution is -2.10. The fourth-order valence-electron chi connectivity index (χ4n) is 1.52. The van der Waals surface area contributed by atoms with E-state index >= 15 is 0 Å².